The molecule has 0 nitrogen and oxygen atoms in total. The minimum absolute atomic E-state index is 0.0884. The Morgan fingerprint density at radius 3 is 2.10 bits per heavy atom. The minimum Gasteiger partial charge on any atom is -0.117 e. The summed E-state index contributed by atoms with van der Waals surface area (Å²) in [6.07, 6.45) is 0. The predicted octanol–water partition coefficient (Wildman–Crippen LogP) is 6.58. The van der Waals surface area contributed by atoms with E-state index in [4.69, 9.17) is 23.2 Å². The van der Waals surface area contributed by atoms with Gasteiger partial charge < -0.3 is 0 Å². The van der Waals surface area contributed by atoms with E-state index in [9.17, 15) is 0 Å². The van der Waals surface area contributed by atoms with Gasteiger partial charge >= 0.3 is 0 Å². The van der Waals surface area contributed by atoms with Crippen molar-refractivity contribution in [2.75, 3.05) is 0 Å². The molecule has 0 aliphatic carbocycles. The fourth-order valence-corrected chi connectivity index (χ4v) is 3.28. The van der Waals surface area contributed by atoms with Crippen LogP contribution in [0.5, 0.6) is 0 Å². The van der Waals surface area contributed by atoms with Gasteiger partial charge in [-0.15, -0.1) is 11.6 Å². The average molecular weight is 315 g/mol. The summed E-state index contributed by atoms with van der Waals surface area (Å²) in [4.78, 5) is 0. The van der Waals surface area contributed by atoms with Gasteiger partial charge in [-0.3, -0.25) is 0 Å². The number of hydrogen-bond acceptors (Lipinski definition) is 0. The molecule has 2 heteroatoms. The number of hydrogen-bond donors (Lipinski definition) is 0. The number of halogens is 2. The van der Waals surface area contributed by atoms with E-state index >= 15 is 0 Å². The second-order valence-electron chi connectivity index (χ2n) is 5.28. The van der Waals surface area contributed by atoms with Crippen LogP contribution < -0.4 is 0 Å². The van der Waals surface area contributed by atoms with Crippen LogP contribution in [0.3, 0.4) is 0 Å². The van der Waals surface area contributed by atoms with Gasteiger partial charge in [0.1, 0.15) is 0 Å². The highest BCUT2D eigenvalue weighted by Crippen LogP contribution is 2.40. The molecule has 0 heterocycles. The number of benzene rings is 3. The molecule has 0 aliphatic heterocycles. The molecule has 106 valence electrons. The minimum atomic E-state index is -0.0884. The Bertz CT molecular complexity index is 750. The standard InChI is InChI=1S/C19H16Cl2/c1-13(14-7-3-2-4-8-14)19(21)17-11-12-18(20)16-10-6-5-9-15(16)17/h2-13,19H,1H3. The van der Waals surface area contributed by atoms with E-state index in [-0.39, 0.29) is 11.3 Å². The SMILES string of the molecule is CC(c1ccccc1)C(Cl)c1ccc(Cl)c2ccccc12. The zero-order valence-corrected chi connectivity index (χ0v) is 13.3. The van der Waals surface area contributed by atoms with E-state index in [2.05, 4.69) is 37.3 Å². The maximum Gasteiger partial charge on any atom is 0.0657 e. The molecule has 0 amide bonds. The number of fused-ring (bicyclic) bond motifs is 1. The van der Waals surface area contributed by atoms with E-state index in [1.165, 1.54) is 5.56 Å². The Balaban J connectivity index is 2.06. The molecule has 3 aromatic rings. The molecule has 21 heavy (non-hydrogen) atoms. The molecule has 3 rings (SSSR count). The molecular formula is C19H16Cl2. The van der Waals surface area contributed by atoms with Crippen LogP contribution in [0.15, 0.2) is 66.7 Å². The molecule has 0 fully saturated rings. The molecule has 3 aromatic carbocycles. The molecule has 0 N–H and O–H groups in total. The number of rotatable bonds is 3. The predicted molar refractivity (Wildman–Crippen MR) is 92.4 cm³/mol. The fourth-order valence-electron chi connectivity index (χ4n) is 2.72. The largest absolute Gasteiger partial charge is 0.117 e. The first-order valence-corrected chi connectivity index (χ1v) is 7.86. The van der Waals surface area contributed by atoms with Crippen molar-refractivity contribution in [3.63, 3.8) is 0 Å². The van der Waals surface area contributed by atoms with E-state index in [0.717, 1.165) is 21.4 Å². The van der Waals surface area contributed by atoms with Crippen molar-refractivity contribution in [2.45, 2.75) is 18.2 Å². The maximum atomic E-state index is 6.78. The highest BCUT2D eigenvalue weighted by atomic mass is 35.5. The summed E-state index contributed by atoms with van der Waals surface area (Å²) in [5, 5.41) is 2.87. The molecule has 0 saturated heterocycles. The summed E-state index contributed by atoms with van der Waals surface area (Å²) >= 11 is 13.1. The quantitative estimate of drug-likeness (QED) is 0.479. The van der Waals surface area contributed by atoms with E-state index in [1.807, 2.05) is 36.4 Å². The third kappa shape index (κ3) is 2.79. The van der Waals surface area contributed by atoms with Crippen LogP contribution in [0.25, 0.3) is 10.8 Å². The lowest BCUT2D eigenvalue weighted by Gasteiger charge is -2.21. The Morgan fingerprint density at radius 1 is 0.762 bits per heavy atom. The van der Waals surface area contributed by atoms with Crippen LogP contribution in [0.2, 0.25) is 5.02 Å². The third-order valence-corrected chi connectivity index (χ3v) is 4.91. The lowest BCUT2D eigenvalue weighted by Crippen LogP contribution is -2.03. The van der Waals surface area contributed by atoms with E-state index in [1.54, 1.807) is 0 Å². The zero-order chi connectivity index (χ0) is 14.8. The smallest absolute Gasteiger partial charge is 0.0657 e. The van der Waals surface area contributed by atoms with Crippen molar-refractivity contribution < 1.29 is 0 Å². The van der Waals surface area contributed by atoms with E-state index in [0.29, 0.717) is 0 Å². The second kappa shape index (κ2) is 6.09. The molecular weight excluding hydrogens is 299 g/mol. The first-order chi connectivity index (χ1) is 10.2. The molecule has 0 saturated carbocycles. The normalized spacial score (nSPS) is 14.0. The lowest BCUT2D eigenvalue weighted by molar-refractivity contribution is 0.736. The molecule has 0 bridgehead atoms. The Labute approximate surface area is 135 Å². The summed E-state index contributed by atoms with van der Waals surface area (Å²) in [6.45, 7) is 2.16. The van der Waals surface area contributed by atoms with Crippen molar-refractivity contribution >= 4 is 34.0 Å². The molecule has 0 radical (unpaired) electrons. The number of alkyl halides is 1. The zero-order valence-electron chi connectivity index (χ0n) is 11.8. The summed E-state index contributed by atoms with van der Waals surface area (Å²) in [5.74, 6) is 0.234. The highest BCUT2D eigenvalue weighted by Gasteiger charge is 2.20. The summed E-state index contributed by atoms with van der Waals surface area (Å²) in [5.41, 5.74) is 2.38. The van der Waals surface area contributed by atoms with Gasteiger partial charge in [-0.25, -0.2) is 0 Å². The van der Waals surface area contributed by atoms with Crippen LogP contribution in [-0.2, 0) is 0 Å². The van der Waals surface area contributed by atoms with Crippen LogP contribution in [0.4, 0.5) is 0 Å². The van der Waals surface area contributed by atoms with Crippen LogP contribution >= 0.6 is 23.2 Å². The van der Waals surface area contributed by atoms with Gasteiger partial charge in [0.05, 0.1) is 5.38 Å². The van der Waals surface area contributed by atoms with E-state index < -0.39 is 0 Å². The van der Waals surface area contributed by atoms with Crippen LogP contribution in [-0.4, -0.2) is 0 Å². The molecule has 0 spiro atoms. The maximum absolute atomic E-state index is 6.78. The second-order valence-corrected chi connectivity index (χ2v) is 6.16. The molecule has 2 unspecified atom stereocenters. The van der Waals surface area contributed by atoms with Gasteiger partial charge in [-0.1, -0.05) is 79.2 Å². The van der Waals surface area contributed by atoms with Crippen molar-refractivity contribution in [3.8, 4) is 0 Å². The topological polar surface area (TPSA) is 0 Å². The fraction of sp³-hybridized carbons (Fsp3) is 0.158. The molecule has 0 aliphatic rings. The van der Waals surface area contributed by atoms with Gasteiger partial charge in [-0.2, -0.15) is 0 Å². The van der Waals surface area contributed by atoms with Gasteiger partial charge in [0.25, 0.3) is 0 Å². The van der Waals surface area contributed by atoms with Crippen molar-refractivity contribution in [2.24, 2.45) is 0 Å². The Hall–Kier alpha value is -1.50. The average Bonchev–Trinajstić information content (AvgIpc) is 2.55. The first kappa shape index (κ1) is 14.4. The van der Waals surface area contributed by atoms with Crippen molar-refractivity contribution in [3.05, 3.63) is 82.9 Å². The van der Waals surface area contributed by atoms with Gasteiger partial charge in [0, 0.05) is 16.3 Å². The van der Waals surface area contributed by atoms with Crippen LogP contribution in [0.1, 0.15) is 29.3 Å². The molecule has 0 aromatic heterocycles. The summed E-state index contributed by atoms with van der Waals surface area (Å²) in [6, 6.07) is 22.5. The third-order valence-electron chi connectivity index (χ3n) is 3.97. The lowest BCUT2D eigenvalue weighted by atomic mass is 9.90. The monoisotopic (exact) mass is 314 g/mol. The first-order valence-electron chi connectivity index (χ1n) is 7.04. The van der Waals surface area contributed by atoms with Gasteiger partial charge in [0.2, 0.25) is 0 Å². The van der Waals surface area contributed by atoms with Gasteiger partial charge in [0.15, 0.2) is 0 Å². The van der Waals surface area contributed by atoms with Crippen molar-refractivity contribution in [1.29, 1.82) is 0 Å². The summed E-state index contributed by atoms with van der Waals surface area (Å²) in [7, 11) is 0. The van der Waals surface area contributed by atoms with Gasteiger partial charge in [-0.05, 0) is 22.6 Å². The summed E-state index contributed by atoms with van der Waals surface area (Å²) < 4.78 is 0. The van der Waals surface area contributed by atoms with Crippen molar-refractivity contribution in [1.82, 2.24) is 0 Å². The molecule has 2 atom stereocenters. The Kier molecular flexibility index (Phi) is 4.19. The Morgan fingerprint density at radius 2 is 1.38 bits per heavy atom. The van der Waals surface area contributed by atoms with Crippen LogP contribution in [0, 0.1) is 0 Å². The highest BCUT2D eigenvalue weighted by molar-refractivity contribution is 6.35.